The number of phenols is 1. The van der Waals surface area contributed by atoms with Crippen molar-refractivity contribution in [3.63, 3.8) is 0 Å². The van der Waals surface area contributed by atoms with Gasteiger partial charge in [0, 0.05) is 6.42 Å². The van der Waals surface area contributed by atoms with Crippen LogP contribution in [0.15, 0.2) is 24.3 Å². The Bertz CT molecular complexity index is 481. The Hall–Kier alpha value is -1.51. The average Bonchev–Trinajstić information content (AvgIpc) is 2.65. The van der Waals surface area contributed by atoms with Crippen LogP contribution in [0.2, 0.25) is 0 Å². The number of carbonyl (C=O) groups is 1. The van der Waals surface area contributed by atoms with Gasteiger partial charge in [0.2, 0.25) is 0 Å². The summed E-state index contributed by atoms with van der Waals surface area (Å²) in [5.74, 6) is 0.262. The maximum Gasteiger partial charge on any atom is 0.303 e. The second-order valence-corrected chi connectivity index (χ2v) is 8.02. The molecule has 0 saturated heterocycles. The zero-order valence-electron chi connectivity index (χ0n) is 17.3. The maximum absolute atomic E-state index is 10.4. The van der Waals surface area contributed by atoms with Crippen LogP contribution >= 0.6 is 0 Å². The van der Waals surface area contributed by atoms with Gasteiger partial charge in [0.25, 0.3) is 0 Å². The number of carboxylic acid groups (broad SMARTS) is 1. The SMILES string of the molecule is CC(CCCCCCCCCCCCCCCC(=O)O)c1ccc(O)cc1. The zero-order valence-corrected chi connectivity index (χ0v) is 17.3. The van der Waals surface area contributed by atoms with Crippen molar-refractivity contribution in [3.8, 4) is 5.75 Å². The van der Waals surface area contributed by atoms with E-state index in [1.165, 1.54) is 82.6 Å². The predicted molar refractivity (Wildman–Crippen MR) is 113 cm³/mol. The average molecular weight is 377 g/mol. The Morgan fingerprint density at radius 1 is 0.741 bits per heavy atom. The molecular weight excluding hydrogens is 336 g/mol. The number of unbranched alkanes of at least 4 members (excludes halogenated alkanes) is 12. The summed E-state index contributed by atoms with van der Waals surface area (Å²) in [6, 6.07) is 7.64. The molecule has 0 spiro atoms. The van der Waals surface area contributed by atoms with Crippen LogP contribution < -0.4 is 0 Å². The lowest BCUT2D eigenvalue weighted by atomic mass is 9.94. The second kappa shape index (κ2) is 15.5. The Morgan fingerprint density at radius 2 is 1.15 bits per heavy atom. The number of benzene rings is 1. The van der Waals surface area contributed by atoms with Crippen LogP contribution in [0.1, 0.15) is 115 Å². The molecule has 3 heteroatoms. The Morgan fingerprint density at radius 3 is 1.59 bits per heavy atom. The zero-order chi connectivity index (χ0) is 19.7. The summed E-state index contributed by atoms with van der Waals surface area (Å²) < 4.78 is 0. The van der Waals surface area contributed by atoms with E-state index in [0.717, 1.165) is 12.8 Å². The standard InChI is InChI=1S/C24H40O3/c1-21(22-17-19-23(25)20-18-22)15-13-11-9-7-5-3-2-4-6-8-10-12-14-16-24(26)27/h17-21,25H,2-16H2,1H3,(H,26,27). The van der Waals surface area contributed by atoms with Gasteiger partial charge in [0.1, 0.15) is 5.75 Å². The number of aliphatic carboxylic acids is 1. The minimum atomic E-state index is -0.665. The molecule has 0 amide bonds. The van der Waals surface area contributed by atoms with Crippen LogP contribution in [-0.2, 0) is 4.79 Å². The molecular formula is C24H40O3. The van der Waals surface area contributed by atoms with Gasteiger partial charge in [0.15, 0.2) is 0 Å². The van der Waals surface area contributed by atoms with Crippen molar-refractivity contribution in [2.75, 3.05) is 0 Å². The second-order valence-electron chi connectivity index (χ2n) is 8.02. The Labute approximate surface area is 166 Å². The van der Waals surface area contributed by atoms with Crippen molar-refractivity contribution in [2.45, 2.75) is 109 Å². The number of hydrogen-bond acceptors (Lipinski definition) is 2. The molecule has 2 N–H and O–H groups in total. The van der Waals surface area contributed by atoms with E-state index in [2.05, 4.69) is 6.92 Å². The quantitative estimate of drug-likeness (QED) is 0.278. The first-order chi connectivity index (χ1) is 13.1. The van der Waals surface area contributed by atoms with Gasteiger partial charge in [-0.25, -0.2) is 0 Å². The largest absolute Gasteiger partial charge is 0.508 e. The van der Waals surface area contributed by atoms with Gasteiger partial charge in [0.05, 0.1) is 0 Å². The Balaban J connectivity index is 1.81. The van der Waals surface area contributed by atoms with Crippen molar-refractivity contribution < 1.29 is 15.0 Å². The molecule has 1 unspecified atom stereocenters. The smallest absolute Gasteiger partial charge is 0.303 e. The molecule has 0 saturated carbocycles. The van der Waals surface area contributed by atoms with Gasteiger partial charge in [-0.1, -0.05) is 96.1 Å². The highest BCUT2D eigenvalue weighted by Gasteiger charge is 2.05. The lowest BCUT2D eigenvalue weighted by Crippen LogP contribution is -1.93. The minimum absolute atomic E-state index is 0.329. The van der Waals surface area contributed by atoms with Gasteiger partial charge < -0.3 is 10.2 Å². The molecule has 1 aromatic carbocycles. The van der Waals surface area contributed by atoms with E-state index < -0.39 is 5.97 Å². The van der Waals surface area contributed by atoms with Crippen molar-refractivity contribution in [1.82, 2.24) is 0 Å². The van der Waals surface area contributed by atoms with E-state index >= 15 is 0 Å². The number of aromatic hydroxyl groups is 1. The molecule has 0 heterocycles. The molecule has 1 rings (SSSR count). The first-order valence-electron chi connectivity index (χ1n) is 11.1. The van der Waals surface area contributed by atoms with E-state index in [-0.39, 0.29) is 0 Å². The molecule has 0 radical (unpaired) electrons. The van der Waals surface area contributed by atoms with E-state index in [0.29, 0.717) is 18.1 Å². The van der Waals surface area contributed by atoms with Gasteiger partial charge in [-0.2, -0.15) is 0 Å². The highest BCUT2D eigenvalue weighted by Crippen LogP contribution is 2.24. The molecule has 1 atom stereocenters. The van der Waals surface area contributed by atoms with Crippen LogP contribution in [0.4, 0.5) is 0 Å². The molecule has 0 aliphatic heterocycles. The number of phenolic OH excluding ortho intramolecular Hbond substituents is 1. The topological polar surface area (TPSA) is 57.5 Å². The van der Waals surface area contributed by atoms with Crippen molar-refractivity contribution in [3.05, 3.63) is 29.8 Å². The van der Waals surface area contributed by atoms with Crippen LogP contribution in [0.5, 0.6) is 5.75 Å². The van der Waals surface area contributed by atoms with Gasteiger partial charge in [-0.15, -0.1) is 0 Å². The van der Waals surface area contributed by atoms with Crippen LogP contribution in [-0.4, -0.2) is 16.2 Å². The molecule has 154 valence electrons. The molecule has 0 aliphatic carbocycles. The lowest BCUT2D eigenvalue weighted by Gasteiger charge is -2.11. The monoisotopic (exact) mass is 376 g/mol. The Kier molecular flexibility index (Phi) is 13.5. The number of hydrogen-bond donors (Lipinski definition) is 2. The predicted octanol–water partition coefficient (Wildman–Crippen LogP) is 7.43. The summed E-state index contributed by atoms with van der Waals surface area (Å²) >= 11 is 0. The van der Waals surface area contributed by atoms with Gasteiger partial charge in [-0.3, -0.25) is 4.79 Å². The molecule has 0 bridgehead atoms. The highest BCUT2D eigenvalue weighted by molar-refractivity contribution is 5.66. The van der Waals surface area contributed by atoms with Gasteiger partial charge >= 0.3 is 5.97 Å². The van der Waals surface area contributed by atoms with Crippen LogP contribution in [0, 0.1) is 0 Å². The fourth-order valence-corrected chi connectivity index (χ4v) is 3.64. The normalized spacial score (nSPS) is 12.2. The molecule has 1 aromatic rings. The summed E-state index contributed by atoms with van der Waals surface area (Å²) in [5.41, 5.74) is 1.33. The number of rotatable bonds is 17. The fraction of sp³-hybridized carbons (Fsp3) is 0.708. The van der Waals surface area contributed by atoms with Crippen LogP contribution in [0.3, 0.4) is 0 Å². The fourth-order valence-electron chi connectivity index (χ4n) is 3.64. The summed E-state index contributed by atoms with van der Waals surface area (Å²) in [5, 5.41) is 17.9. The molecule has 0 fully saturated rings. The summed E-state index contributed by atoms with van der Waals surface area (Å²) in [4.78, 5) is 10.4. The molecule has 0 aliphatic rings. The molecule has 3 nitrogen and oxygen atoms in total. The van der Waals surface area contributed by atoms with E-state index in [1.54, 1.807) is 12.1 Å². The molecule has 0 aromatic heterocycles. The minimum Gasteiger partial charge on any atom is -0.508 e. The van der Waals surface area contributed by atoms with Crippen molar-refractivity contribution in [1.29, 1.82) is 0 Å². The summed E-state index contributed by atoms with van der Waals surface area (Å²) in [6.45, 7) is 2.28. The maximum atomic E-state index is 10.4. The highest BCUT2D eigenvalue weighted by atomic mass is 16.4. The first kappa shape index (κ1) is 23.5. The van der Waals surface area contributed by atoms with E-state index in [1.807, 2.05) is 12.1 Å². The van der Waals surface area contributed by atoms with E-state index in [9.17, 15) is 9.90 Å². The van der Waals surface area contributed by atoms with Crippen molar-refractivity contribution in [2.24, 2.45) is 0 Å². The number of carboxylic acids is 1. The lowest BCUT2D eigenvalue weighted by molar-refractivity contribution is -0.137. The third kappa shape index (κ3) is 13.3. The first-order valence-corrected chi connectivity index (χ1v) is 11.1. The van der Waals surface area contributed by atoms with Gasteiger partial charge in [-0.05, 0) is 36.5 Å². The molecule has 27 heavy (non-hydrogen) atoms. The van der Waals surface area contributed by atoms with E-state index in [4.69, 9.17) is 5.11 Å². The summed E-state index contributed by atoms with van der Waals surface area (Å²) in [6.07, 6.45) is 18.0. The van der Waals surface area contributed by atoms with Crippen LogP contribution in [0.25, 0.3) is 0 Å². The van der Waals surface area contributed by atoms with Crippen molar-refractivity contribution >= 4 is 5.97 Å². The third-order valence-electron chi connectivity index (χ3n) is 5.49. The third-order valence-corrected chi connectivity index (χ3v) is 5.49. The summed E-state index contributed by atoms with van der Waals surface area (Å²) in [7, 11) is 0.